The predicted octanol–water partition coefficient (Wildman–Crippen LogP) is 4.49. The molecule has 2 aromatic heterocycles. The highest BCUT2D eigenvalue weighted by molar-refractivity contribution is 6.07. The Balaban J connectivity index is 1.67. The third-order valence-corrected chi connectivity index (χ3v) is 5.13. The Morgan fingerprint density at radius 1 is 1.32 bits per heavy atom. The highest BCUT2D eigenvalue weighted by Crippen LogP contribution is 2.33. The van der Waals surface area contributed by atoms with Gasteiger partial charge in [-0.05, 0) is 50.5 Å². The fraction of sp³-hybridized carbons (Fsp3) is 0.368. The minimum atomic E-state index is -0.309. The van der Waals surface area contributed by atoms with E-state index in [0.717, 1.165) is 40.7 Å². The number of nitrogens with zero attached hydrogens (tertiary/aromatic N) is 2. The van der Waals surface area contributed by atoms with Crippen molar-refractivity contribution in [1.29, 1.82) is 0 Å². The van der Waals surface area contributed by atoms with Crippen molar-refractivity contribution in [3.05, 3.63) is 47.0 Å². The third-order valence-electron chi connectivity index (χ3n) is 5.13. The topological polar surface area (TPSA) is 62.7 Å². The summed E-state index contributed by atoms with van der Waals surface area (Å²) in [6.07, 6.45) is 6.37. The number of rotatable bonds is 3. The zero-order valence-electron chi connectivity index (χ0n) is 14.4. The molecule has 0 saturated heterocycles. The van der Waals surface area contributed by atoms with Gasteiger partial charge in [-0.3, -0.25) is 4.79 Å². The lowest BCUT2D eigenvalue weighted by atomic mass is 10.1. The number of aromatic amines is 1. The number of nitrogens with one attached hydrogen (secondary N) is 2. The lowest BCUT2D eigenvalue weighted by Crippen LogP contribution is -2.19. The summed E-state index contributed by atoms with van der Waals surface area (Å²) in [4.78, 5) is 15.9. The molecule has 0 spiro atoms. The van der Waals surface area contributed by atoms with Crippen LogP contribution in [0.1, 0.15) is 53.3 Å². The van der Waals surface area contributed by atoms with Gasteiger partial charge in [-0.2, -0.15) is 5.10 Å². The van der Waals surface area contributed by atoms with Gasteiger partial charge in [0, 0.05) is 16.5 Å². The summed E-state index contributed by atoms with van der Waals surface area (Å²) in [5.74, 6) is 0.217. The summed E-state index contributed by atoms with van der Waals surface area (Å²) in [7, 11) is 0. The average Bonchev–Trinajstić information content (AvgIpc) is 3.29. The zero-order valence-corrected chi connectivity index (χ0v) is 14.4. The van der Waals surface area contributed by atoms with Crippen molar-refractivity contribution >= 4 is 22.6 Å². The highest BCUT2D eigenvalue weighted by atomic mass is 19.1. The molecular formula is C19H21FN4O. The molecule has 1 aliphatic rings. The van der Waals surface area contributed by atoms with Crippen molar-refractivity contribution in [1.82, 2.24) is 14.8 Å². The van der Waals surface area contributed by atoms with E-state index in [-0.39, 0.29) is 11.7 Å². The van der Waals surface area contributed by atoms with Crippen molar-refractivity contribution in [2.24, 2.45) is 0 Å². The number of H-pyrrole nitrogens is 1. The number of amides is 1. The second-order valence-corrected chi connectivity index (χ2v) is 6.83. The molecule has 6 heteroatoms. The van der Waals surface area contributed by atoms with E-state index in [1.165, 1.54) is 25.0 Å². The molecule has 130 valence electrons. The molecule has 4 rings (SSSR count). The number of hydrogen-bond acceptors (Lipinski definition) is 2. The van der Waals surface area contributed by atoms with E-state index in [1.807, 2.05) is 18.5 Å². The standard InChI is InChI=1S/C19H21FN4O/c1-11-10-21-24(14-5-3-4-6-14)18(11)23-19(25)17-12(2)15-9-13(20)7-8-16(15)22-17/h7-10,14,22H,3-6H2,1-2H3,(H,23,25). The van der Waals surface area contributed by atoms with Gasteiger partial charge >= 0.3 is 0 Å². The SMILES string of the molecule is Cc1cnn(C2CCCC2)c1NC(=O)c1[nH]c2ccc(F)cc2c1C. The van der Waals surface area contributed by atoms with Crippen LogP contribution in [0.15, 0.2) is 24.4 Å². The number of aryl methyl sites for hydroxylation is 2. The Labute approximate surface area is 145 Å². The number of halogens is 1. The fourth-order valence-electron chi connectivity index (χ4n) is 3.73. The van der Waals surface area contributed by atoms with Gasteiger partial charge in [0.25, 0.3) is 5.91 Å². The van der Waals surface area contributed by atoms with E-state index >= 15 is 0 Å². The monoisotopic (exact) mass is 340 g/mol. The van der Waals surface area contributed by atoms with Crippen LogP contribution in [-0.2, 0) is 0 Å². The number of hydrogen-bond donors (Lipinski definition) is 2. The number of aromatic nitrogens is 3. The minimum absolute atomic E-state index is 0.225. The number of carbonyl (C=O) groups excluding carboxylic acids is 1. The Bertz CT molecular complexity index is 950. The molecule has 1 aromatic carbocycles. The second-order valence-electron chi connectivity index (χ2n) is 6.83. The largest absolute Gasteiger partial charge is 0.350 e. The summed E-state index contributed by atoms with van der Waals surface area (Å²) in [6.45, 7) is 3.77. The van der Waals surface area contributed by atoms with Gasteiger partial charge in [0.15, 0.2) is 0 Å². The second kappa shape index (κ2) is 6.02. The molecular weight excluding hydrogens is 319 g/mol. The first-order chi connectivity index (χ1) is 12.0. The van der Waals surface area contributed by atoms with Gasteiger partial charge in [-0.15, -0.1) is 0 Å². The summed E-state index contributed by atoms with van der Waals surface area (Å²) in [5.41, 5.74) is 2.90. The third kappa shape index (κ3) is 2.71. The van der Waals surface area contributed by atoms with Gasteiger partial charge in [0.05, 0.1) is 12.2 Å². The number of fused-ring (bicyclic) bond motifs is 1. The maximum Gasteiger partial charge on any atom is 0.273 e. The summed E-state index contributed by atoms with van der Waals surface area (Å²) in [5, 5.41) is 8.20. The van der Waals surface area contributed by atoms with Crippen LogP contribution in [0.3, 0.4) is 0 Å². The van der Waals surface area contributed by atoms with Crippen molar-refractivity contribution in [3.63, 3.8) is 0 Å². The van der Waals surface area contributed by atoms with Crippen molar-refractivity contribution < 1.29 is 9.18 Å². The molecule has 0 unspecified atom stereocenters. The van der Waals surface area contributed by atoms with Crippen LogP contribution < -0.4 is 5.32 Å². The van der Waals surface area contributed by atoms with E-state index in [2.05, 4.69) is 15.4 Å². The van der Waals surface area contributed by atoms with Crippen LogP contribution in [0.25, 0.3) is 10.9 Å². The molecule has 3 aromatic rings. The Kier molecular flexibility index (Phi) is 3.82. The van der Waals surface area contributed by atoms with Crippen LogP contribution in [-0.4, -0.2) is 20.7 Å². The molecule has 2 heterocycles. The molecule has 5 nitrogen and oxygen atoms in total. The van der Waals surface area contributed by atoms with Crippen LogP contribution in [0, 0.1) is 19.7 Å². The Morgan fingerprint density at radius 2 is 2.08 bits per heavy atom. The first kappa shape index (κ1) is 15.9. The Morgan fingerprint density at radius 3 is 2.84 bits per heavy atom. The van der Waals surface area contributed by atoms with Gasteiger partial charge < -0.3 is 10.3 Å². The average molecular weight is 340 g/mol. The van der Waals surface area contributed by atoms with Crippen LogP contribution in [0.4, 0.5) is 10.2 Å². The minimum Gasteiger partial charge on any atom is -0.350 e. The summed E-state index contributed by atoms with van der Waals surface area (Å²) >= 11 is 0. The predicted molar refractivity (Wildman–Crippen MR) is 95.4 cm³/mol. The first-order valence-electron chi connectivity index (χ1n) is 8.68. The van der Waals surface area contributed by atoms with E-state index in [9.17, 15) is 9.18 Å². The van der Waals surface area contributed by atoms with E-state index in [1.54, 1.807) is 12.3 Å². The van der Waals surface area contributed by atoms with E-state index < -0.39 is 0 Å². The van der Waals surface area contributed by atoms with Crippen LogP contribution >= 0.6 is 0 Å². The van der Waals surface area contributed by atoms with E-state index in [4.69, 9.17) is 0 Å². The smallest absolute Gasteiger partial charge is 0.273 e. The lowest BCUT2D eigenvalue weighted by molar-refractivity contribution is 0.102. The van der Waals surface area contributed by atoms with Gasteiger partial charge in [-0.1, -0.05) is 12.8 Å². The molecule has 1 fully saturated rings. The van der Waals surface area contributed by atoms with Gasteiger partial charge in [0.1, 0.15) is 17.3 Å². The van der Waals surface area contributed by atoms with E-state index in [0.29, 0.717) is 11.7 Å². The van der Waals surface area contributed by atoms with Crippen LogP contribution in [0.2, 0.25) is 0 Å². The molecule has 0 radical (unpaired) electrons. The molecule has 25 heavy (non-hydrogen) atoms. The zero-order chi connectivity index (χ0) is 17.6. The molecule has 1 saturated carbocycles. The highest BCUT2D eigenvalue weighted by Gasteiger charge is 2.23. The quantitative estimate of drug-likeness (QED) is 0.738. The Hall–Kier alpha value is -2.63. The number of anilines is 1. The molecule has 2 N–H and O–H groups in total. The molecule has 0 bridgehead atoms. The molecule has 0 atom stereocenters. The first-order valence-corrected chi connectivity index (χ1v) is 8.68. The fourth-order valence-corrected chi connectivity index (χ4v) is 3.73. The molecule has 0 aliphatic heterocycles. The van der Waals surface area contributed by atoms with Gasteiger partial charge in [0.2, 0.25) is 0 Å². The number of carbonyl (C=O) groups is 1. The van der Waals surface area contributed by atoms with Crippen molar-refractivity contribution in [2.45, 2.75) is 45.6 Å². The van der Waals surface area contributed by atoms with Crippen LogP contribution in [0.5, 0.6) is 0 Å². The lowest BCUT2D eigenvalue weighted by Gasteiger charge is -2.15. The summed E-state index contributed by atoms with van der Waals surface area (Å²) in [6, 6.07) is 4.84. The number of benzene rings is 1. The van der Waals surface area contributed by atoms with Crippen molar-refractivity contribution in [3.8, 4) is 0 Å². The normalized spacial score (nSPS) is 15.2. The maximum atomic E-state index is 13.5. The molecule has 1 aliphatic carbocycles. The van der Waals surface area contributed by atoms with Gasteiger partial charge in [-0.25, -0.2) is 9.07 Å². The molecule has 1 amide bonds. The summed E-state index contributed by atoms with van der Waals surface area (Å²) < 4.78 is 15.4. The van der Waals surface area contributed by atoms with Crippen molar-refractivity contribution in [2.75, 3.05) is 5.32 Å². The maximum absolute atomic E-state index is 13.5.